The van der Waals surface area contributed by atoms with Gasteiger partial charge in [0.1, 0.15) is 11.2 Å². The van der Waals surface area contributed by atoms with Crippen LogP contribution < -0.4 is 4.90 Å². The molecule has 324 valence electrons. The summed E-state index contributed by atoms with van der Waals surface area (Å²) < 4.78 is 8.86. The van der Waals surface area contributed by atoms with Crippen LogP contribution in [0.4, 0.5) is 17.1 Å². The molecule has 0 fully saturated rings. The lowest BCUT2D eigenvalue weighted by molar-refractivity contribution is 0.670. The minimum Gasteiger partial charge on any atom is -0.455 e. The summed E-state index contributed by atoms with van der Waals surface area (Å²) in [6.07, 6.45) is 0. The van der Waals surface area contributed by atoms with Crippen molar-refractivity contribution in [3.63, 3.8) is 0 Å². The largest absolute Gasteiger partial charge is 0.455 e. The summed E-state index contributed by atoms with van der Waals surface area (Å²) in [5, 5.41) is 4.78. The molecule has 0 atom stereocenters. The number of furan rings is 1. The van der Waals surface area contributed by atoms with Gasteiger partial charge in [-0.15, -0.1) is 0 Å². The Morgan fingerprint density at radius 3 is 1.26 bits per heavy atom. The average Bonchev–Trinajstić information content (AvgIpc) is 3.98. The summed E-state index contributed by atoms with van der Waals surface area (Å²) in [6.45, 7) is 0. The van der Waals surface area contributed by atoms with E-state index in [1.54, 1.807) is 0 Å². The monoisotopic (exact) mass is 880 g/mol. The lowest BCUT2D eigenvalue weighted by Gasteiger charge is -2.26. The Labute approximate surface area is 401 Å². The molecule has 13 aromatic rings. The summed E-state index contributed by atoms with van der Waals surface area (Å²) in [5.41, 5.74) is 20.3. The van der Waals surface area contributed by atoms with E-state index in [0.717, 1.165) is 61.3 Å². The third-order valence-corrected chi connectivity index (χ3v) is 13.7. The molecule has 11 aromatic carbocycles. The molecule has 0 aliphatic carbocycles. The molecular formula is C66H44N2O. The minimum atomic E-state index is 0.901. The van der Waals surface area contributed by atoms with Gasteiger partial charge in [-0.1, -0.05) is 206 Å². The van der Waals surface area contributed by atoms with Gasteiger partial charge >= 0.3 is 0 Å². The highest BCUT2D eigenvalue weighted by atomic mass is 16.3. The molecule has 2 aromatic heterocycles. The summed E-state index contributed by atoms with van der Waals surface area (Å²) in [7, 11) is 0. The number of anilines is 3. The number of nitrogens with zero attached hydrogens (tertiary/aromatic N) is 2. The Kier molecular flexibility index (Phi) is 9.84. The van der Waals surface area contributed by atoms with Gasteiger partial charge in [-0.3, -0.25) is 0 Å². The topological polar surface area (TPSA) is 21.3 Å². The Bertz CT molecular complexity index is 3920. The Hall–Kier alpha value is -9.18. The number of hydrogen-bond acceptors (Lipinski definition) is 2. The van der Waals surface area contributed by atoms with E-state index in [2.05, 4.69) is 264 Å². The van der Waals surface area contributed by atoms with Crippen LogP contribution in [-0.2, 0) is 0 Å². The van der Waals surface area contributed by atoms with E-state index in [-0.39, 0.29) is 0 Å². The molecule has 0 N–H and O–H groups in total. The first-order valence-electron chi connectivity index (χ1n) is 23.6. The van der Waals surface area contributed by atoms with E-state index in [1.807, 2.05) is 12.1 Å². The van der Waals surface area contributed by atoms with Crippen molar-refractivity contribution >= 4 is 60.8 Å². The smallest absolute Gasteiger partial charge is 0.143 e. The maximum atomic E-state index is 6.45. The second-order valence-corrected chi connectivity index (χ2v) is 17.6. The minimum absolute atomic E-state index is 0.901. The molecule has 0 amide bonds. The molecule has 0 spiro atoms. The zero-order valence-corrected chi connectivity index (χ0v) is 37.7. The van der Waals surface area contributed by atoms with Gasteiger partial charge in [0.25, 0.3) is 0 Å². The number of rotatable bonds is 9. The fourth-order valence-corrected chi connectivity index (χ4v) is 10.3. The van der Waals surface area contributed by atoms with Crippen molar-refractivity contribution in [2.45, 2.75) is 0 Å². The van der Waals surface area contributed by atoms with Crippen molar-refractivity contribution in [2.75, 3.05) is 4.90 Å². The SMILES string of the molecule is c1ccc(-c2ccccc2-c2ccc(N(c3ccc(-c4ccc(-c5ccccc5-n5c6ccccc6c6ccccc65)cc4)cc3)c3ccc(-c4cccc5c4oc4ccccc45)cc3)cc2)cc1. The molecule has 0 unspecified atom stereocenters. The van der Waals surface area contributed by atoms with E-state index in [9.17, 15) is 0 Å². The molecule has 0 aliphatic rings. The number of benzene rings is 11. The lowest BCUT2D eigenvalue weighted by Crippen LogP contribution is -2.09. The molecule has 0 radical (unpaired) electrons. The Balaban J connectivity index is 0.852. The first-order chi connectivity index (χ1) is 34.2. The zero-order valence-electron chi connectivity index (χ0n) is 37.7. The van der Waals surface area contributed by atoms with Crippen LogP contribution >= 0.6 is 0 Å². The predicted molar refractivity (Wildman–Crippen MR) is 290 cm³/mol. The van der Waals surface area contributed by atoms with Crippen molar-refractivity contribution in [1.29, 1.82) is 0 Å². The highest BCUT2D eigenvalue weighted by molar-refractivity contribution is 6.11. The molecule has 0 aliphatic heterocycles. The Morgan fingerprint density at radius 1 is 0.261 bits per heavy atom. The number of hydrogen-bond donors (Lipinski definition) is 0. The normalized spacial score (nSPS) is 11.5. The molecule has 3 heteroatoms. The van der Waals surface area contributed by atoms with Crippen molar-refractivity contribution in [3.05, 3.63) is 267 Å². The van der Waals surface area contributed by atoms with Gasteiger partial charge in [-0.25, -0.2) is 0 Å². The van der Waals surface area contributed by atoms with E-state index in [4.69, 9.17) is 4.42 Å². The van der Waals surface area contributed by atoms with Crippen molar-refractivity contribution in [2.24, 2.45) is 0 Å². The van der Waals surface area contributed by atoms with Gasteiger partial charge in [0.2, 0.25) is 0 Å². The molecule has 0 saturated carbocycles. The standard InChI is InChI=1S/C66H44N2O/c1-2-15-47(16-3-1)54-17-4-5-18-55(54)48-35-41-52(42-36-48)67(53-43-37-50(38-44-53)57-23-14-24-61-60-22-9-13-28-65(60)69-66(57)61)51-39-33-46(34-40-51)45-29-31-49(32-30-45)56-19-6-10-25-62(56)68-63-26-11-7-20-58(63)59-21-8-12-27-64(59)68/h1-44H. The maximum Gasteiger partial charge on any atom is 0.143 e. The van der Waals surface area contributed by atoms with Crippen LogP contribution in [0.25, 0.3) is 105 Å². The first-order valence-corrected chi connectivity index (χ1v) is 23.6. The van der Waals surface area contributed by atoms with Gasteiger partial charge in [0, 0.05) is 49.7 Å². The van der Waals surface area contributed by atoms with E-state index >= 15 is 0 Å². The van der Waals surface area contributed by atoms with Crippen LogP contribution in [0.1, 0.15) is 0 Å². The van der Waals surface area contributed by atoms with Crippen LogP contribution in [0.3, 0.4) is 0 Å². The average molecular weight is 881 g/mol. The van der Waals surface area contributed by atoms with Crippen LogP contribution in [-0.4, -0.2) is 4.57 Å². The van der Waals surface area contributed by atoms with Crippen molar-refractivity contribution in [3.8, 4) is 61.3 Å². The van der Waals surface area contributed by atoms with E-state index < -0.39 is 0 Å². The van der Waals surface area contributed by atoms with Gasteiger partial charge in [0.15, 0.2) is 0 Å². The third-order valence-electron chi connectivity index (χ3n) is 13.7. The van der Waals surface area contributed by atoms with Crippen LogP contribution in [0, 0.1) is 0 Å². The number of aromatic nitrogens is 1. The number of fused-ring (bicyclic) bond motifs is 6. The van der Waals surface area contributed by atoms with Crippen LogP contribution in [0.2, 0.25) is 0 Å². The molecule has 13 rings (SSSR count). The van der Waals surface area contributed by atoms with Gasteiger partial charge < -0.3 is 13.9 Å². The first kappa shape index (κ1) is 40.1. The highest BCUT2D eigenvalue weighted by Gasteiger charge is 2.18. The second kappa shape index (κ2) is 16.9. The zero-order chi connectivity index (χ0) is 45.7. The summed E-state index contributed by atoms with van der Waals surface area (Å²) in [4.78, 5) is 2.34. The van der Waals surface area contributed by atoms with Gasteiger partial charge in [-0.2, -0.15) is 0 Å². The third kappa shape index (κ3) is 7.08. The van der Waals surface area contributed by atoms with E-state index in [1.165, 1.54) is 60.9 Å². The van der Waals surface area contributed by atoms with E-state index in [0.29, 0.717) is 0 Å². The molecular weight excluding hydrogens is 837 g/mol. The number of para-hydroxylation sites is 5. The van der Waals surface area contributed by atoms with Gasteiger partial charge in [-0.05, 0) is 105 Å². The molecule has 0 bridgehead atoms. The molecule has 3 nitrogen and oxygen atoms in total. The molecule has 0 saturated heterocycles. The fourth-order valence-electron chi connectivity index (χ4n) is 10.3. The lowest BCUT2D eigenvalue weighted by atomic mass is 9.94. The fraction of sp³-hybridized carbons (Fsp3) is 0. The van der Waals surface area contributed by atoms with Crippen LogP contribution in [0.15, 0.2) is 271 Å². The quantitative estimate of drug-likeness (QED) is 0.144. The van der Waals surface area contributed by atoms with Crippen molar-refractivity contribution < 1.29 is 4.42 Å². The van der Waals surface area contributed by atoms with Crippen molar-refractivity contribution in [1.82, 2.24) is 4.57 Å². The van der Waals surface area contributed by atoms with Gasteiger partial charge in [0.05, 0.1) is 16.7 Å². The summed E-state index contributed by atoms with van der Waals surface area (Å²) in [5.74, 6) is 0. The maximum absolute atomic E-state index is 6.45. The molecule has 2 heterocycles. The highest BCUT2D eigenvalue weighted by Crippen LogP contribution is 2.42. The Morgan fingerprint density at radius 2 is 0.652 bits per heavy atom. The summed E-state index contributed by atoms with van der Waals surface area (Å²) >= 11 is 0. The molecule has 69 heavy (non-hydrogen) atoms. The predicted octanol–water partition coefficient (Wildman–Crippen LogP) is 18.5. The summed E-state index contributed by atoms with van der Waals surface area (Å²) in [6, 6.07) is 95.9. The van der Waals surface area contributed by atoms with Crippen LogP contribution in [0.5, 0.6) is 0 Å². The second-order valence-electron chi connectivity index (χ2n) is 17.6.